The summed E-state index contributed by atoms with van der Waals surface area (Å²) < 4.78 is 11.4. The van der Waals surface area contributed by atoms with Gasteiger partial charge in [0.25, 0.3) is 0 Å². The molecule has 1 aromatic heterocycles. The molecule has 0 saturated heterocycles. The van der Waals surface area contributed by atoms with Crippen molar-refractivity contribution in [3.63, 3.8) is 0 Å². The molecule has 0 aliphatic carbocycles. The molecule has 1 aliphatic heterocycles. The quantitative estimate of drug-likeness (QED) is 0.839. The van der Waals surface area contributed by atoms with Gasteiger partial charge in [-0.3, -0.25) is 0 Å². The Balaban J connectivity index is 1.70. The van der Waals surface area contributed by atoms with Gasteiger partial charge in [0.15, 0.2) is 5.82 Å². The maximum absolute atomic E-state index is 5.30. The van der Waals surface area contributed by atoms with Gasteiger partial charge in [0.1, 0.15) is 0 Å². The number of fused-ring (bicyclic) bond motifs is 1. The van der Waals surface area contributed by atoms with Crippen LogP contribution >= 0.6 is 15.9 Å². The predicted molar refractivity (Wildman–Crippen MR) is 78.8 cm³/mol. The van der Waals surface area contributed by atoms with Gasteiger partial charge in [-0.15, -0.1) is 0 Å². The number of aromatic nitrogens is 2. The molecule has 106 valence electrons. The minimum Gasteiger partial charge on any atom is -0.384 e. The van der Waals surface area contributed by atoms with E-state index in [1.165, 1.54) is 11.3 Å². The van der Waals surface area contributed by atoms with Crippen LogP contribution in [0.5, 0.6) is 0 Å². The summed E-state index contributed by atoms with van der Waals surface area (Å²) in [4.78, 5) is 6.67. The van der Waals surface area contributed by atoms with Crippen molar-refractivity contribution in [3.8, 4) is 0 Å². The Morgan fingerprint density at radius 1 is 1.45 bits per heavy atom. The summed E-state index contributed by atoms with van der Waals surface area (Å²) in [5.41, 5.74) is 2.61. The zero-order valence-electron chi connectivity index (χ0n) is 11.3. The molecule has 1 aliphatic rings. The van der Waals surface area contributed by atoms with Crippen LogP contribution in [0.3, 0.4) is 0 Å². The Labute approximate surface area is 126 Å². The lowest BCUT2D eigenvalue weighted by molar-refractivity contribution is 0.199. The van der Waals surface area contributed by atoms with E-state index < -0.39 is 0 Å². The van der Waals surface area contributed by atoms with E-state index in [1.54, 1.807) is 7.11 Å². The number of nitrogens with zero attached hydrogens (tertiary/aromatic N) is 3. The van der Waals surface area contributed by atoms with E-state index >= 15 is 0 Å². The summed E-state index contributed by atoms with van der Waals surface area (Å²) in [7, 11) is 1.67. The zero-order valence-corrected chi connectivity index (χ0v) is 12.9. The highest BCUT2D eigenvalue weighted by atomic mass is 79.9. The van der Waals surface area contributed by atoms with Crippen LogP contribution in [0.4, 0.5) is 5.69 Å². The summed E-state index contributed by atoms with van der Waals surface area (Å²) in [6.07, 6.45) is 1.75. The third-order valence-electron chi connectivity index (χ3n) is 3.41. The third kappa shape index (κ3) is 2.86. The topological polar surface area (TPSA) is 51.4 Å². The number of ether oxygens (including phenoxy) is 1. The van der Waals surface area contributed by atoms with Crippen LogP contribution < -0.4 is 4.90 Å². The van der Waals surface area contributed by atoms with E-state index in [0.717, 1.165) is 17.4 Å². The Kier molecular flexibility index (Phi) is 4.03. The van der Waals surface area contributed by atoms with Crippen LogP contribution in [0.15, 0.2) is 27.2 Å². The number of hydrogen-bond donors (Lipinski definition) is 0. The second kappa shape index (κ2) is 5.93. The first-order valence-electron chi connectivity index (χ1n) is 6.60. The highest BCUT2D eigenvalue weighted by molar-refractivity contribution is 9.10. The molecule has 0 unspecified atom stereocenters. The van der Waals surface area contributed by atoms with Gasteiger partial charge < -0.3 is 14.2 Å². The minimum atomic E-state index is 0.610. The van der Waals surface area contributed by atoms with Crippen molar-refractivity contribution < 1.29 is 9.26 Å². The number of halogens is 1. The van der Waals surface area contributed by atoms with Crippen molar-refractivity contribution in [2.24, 2.45) is 0 Å². The summed E-state index contributed by atoms with van der Waals surface area (Å²) in [6, 6.07) is 6.39. The highest BCUT2D eigenvalue weighted by Crippen LogP contribution is 2.31. The second-order valence-corrected chi connectivity index (χ2v) is 5.71. The number of methoxy groups -OCH3 is 1. The lowest BCUT2D eigenvalue weighted by atomic mass is 10.2. The molecule has 0 fully saturated rings. The second-order valence-electron chi connectivity index (χ2n) is 4.79. The fourth-order valence-electron chi connectivity index (χ4n) is 2.40. The third-order valence-corrected chi connectivity index (χ3v) is 3.90. The number of rotatable bonds is 5. The summed E-state index contributed by atoms with van der Waals surface area (Å²) >= 11 is 3.52. The maximum Gasteiger partial charge on any atom is 0.246 e. The van der Waals surface area contributed by atoms with E-state index in [-0.39, 0.29) is 0 Å². The molecule has 0 saturated carbocycles. The number of hydrogen-bond acceptors (Lipinski definition) is 5. The van der Waals surface area contributed by atoms with Gasteiger partial charge in [-0.1, -0.05) is 27.2 Å². The molecule has 0 N–H and O–H groups in total. The van der Waals surface area contributed by atoms with Gasteiger partial charge in [0.2, 0.25) is 5.89 Å². The first kappa shape index (κ1) is 13.6. The van der Waals surface area contributed by atoms with Crippen molar-refractivity contribution in [2.45, 2.75) is 19.4 Å². The molecule has 1 aromatic carbocycles. The number of anilines is 1. The van der Waals surface area contributed by atoms with E-state index in [4.69, 9.17) is 9.26 Å². The molecular weight excluding hydrogens is 322 g/mol. The van der Waals surface area contributed by atoms with Crippen LogP contribution in [0.2, 0.25) is 0 Å². The van der Waals surface area contributed by atoms with Crippen LogP contribution in [0.25, 0.3) is 0 Å². The zero-order chi connectivity index (χ0) is 13.9. The van der Waals surface area contributed by atoms with Crippen LogP contribution in [0.1, 0.15) is 17.3 Å². The van der Waals surface area contributed by atoms with Crippen molar-refractivity contribution in [1.82, 2.24) is 10.1 Å². The molecule has 0 bridgehead atoms. The van der Waals surface area contributed by atoms with Crippen LogP contribution in [-0.4, -0.2) is 30.4 Å². The Hall–Kier alpha value is -1.40. The smallest absolute Gasteiger partial charge is 0.246 e. The summed E-state index contributed by atoms with van der Waals surface area (Å²) in [5, 5.41) is 3.97. The maximum atomic E-state index is 5.30. The van der Waals surface area contributed by atoms with Crippen LogP contribution in [0, 0.1) is 0 Å². The predicted octanol–water partition coefficient (Wildman–Crippen LogP) is 2.58. The van der Waals surface area contributed by atoms with Crippen molar-refractivity contribution in [1.29, 1.82) is 0 Å². The first-order valence-corrected chi connectivity index (χ1v) is 7.39. The standard InChI is InChI=1S/C14H16BrN3O2/c1-19-7-5-13-16-14(20-17-13)9-18-6-4-10-2-3-11(15)8-12(10)18/h2-3,8H,4-7,9H2,1H3. The fourth-order valence-corrected chi connectivity index (χ4v) is 2.74. The Bertz CT molecular complexity index is 600. The average molecular weight is 338 g/mol. The van der Waals surface area contributed by atoms with Gasteiger partial charge >= 0.3 is 0 Å². The molecule has 0 atom stereocenters. The monoisotopic (exact) mass is 337 g/mol. The van der Waals surface area contributed by atoms with E-state index in [0.29, 0.717) is 31.3 Å². The molecule has 3 rings (SSSR count). The van der Waals surface area contributed by atoms with Crippen molar-refractivity contribution >= 4 is 21.6 Å². The Morgan fingerprint density at radius 2 is 2.35 bits per heavy atom. The summed E-state index contributed by atoms with van der Waals surface area (Å²) in [6.45, 7) is 2.25. The first-order chi connectivity index (χ1) is 9.76. The summed E-state index contributed by atoms with van der Waals surface area (Å²) in [5.74, 6) is 1.36. The van der Waals surface area contributed by atoms with Gasteiger partial charge in [0, 0.05) is 30.2 Å². The van der Waals surface area contributed by atoms with Crippen LogP contribution in [-0.2, 0) is 24.1 Å². The van der Waals surface area contributed by atoms with Crippen molar-refractivity contribution in [3.05, 3.63) is 40.0 Å². The average Bonchev–Trinajstić information content (AvgIpc) is 3.05. The molecular formula is C14H16BrN3O2. The fraction of sp³-hybridized carbons (Fsp3) is 0.429. The molecule has 5 nitrogen and oxygen atoms in total. The SMILES string of the molecule is COCCc1noc(CN2CCc3ccc(Br)cc32)n1. The van der Waals surface area contributed by atoms with Gasteiger partial charge in [-0.2, -0.15) is 4.98 Å². The van der Waals surface area contributed by atoms with E-state index in [2.05, 4.69) is 49.2 Å². The van der Waals surface area contributed by atoms with E-state index in [1.807, 2.05) is 0 Å². The van der Waals surface area contributed by atoms with E-state index in [9.17, 15) is 0 Å². The lowest BCUT2D eigenvalue weighted by Crippen LogP contribution is -2.19. The van der Waals surface area contributed by atoms with Gasteiger partial charge in [-0.05, 0) is 24.1 Å². The number of benzene rings is 1. The molecule has 0 radical (unpaired) electrons. The van der Waals surface area contributed by atoms with Gasteiger partial charge in [0.05, 0.1) is 13.2 Å². The normalized spacial score (nSPS) is 13.8. The molecule has 0 spiro atoms. The Morgan fingerprint density at radius 3 is 3.20 bits per heavy atom. The largest absolute Gasteiger partial charge is 0.384 e. The minimum absolute atomic E-state index is 0.610. The van der Waals surface area contributed by atoms with Gasteiger partial charge in [-0.25, -0.2) is 0 Å². The van der Waals surface area contributed by atoms with Crippen molar-refractivity contribution in [2.75, 3.05) is 25.2 Å². The highest BCUT2D eigenvalue weighted by Gasteiger charge is 2.21. The molecule has 20 heavy (non-hydrogen) atoms. The molecule has 6 heteroatoms. The molecule has 2 aromatic rings. The lowest BCUT2D eigenvalue weighted by Gasteiger charge is -2.16. The molecule has 0 amide bonds. The molecule has 2 heterocycles.